The summed E-state index contributed by atoms with van der Waals surface area (Å²) in [6.07, 6.45) is 1.38. The number of pyridine rings is 1. The maximum absolute atomic E-state index is 12.2. The fourth-order valence-corrected chi connectivity index (χ4v) is 2.81. The standard InChI is InChI=1S/C11H15ClN4O2S/c1-3-14-11-10(12)7-9(8-15-11)19(17,18)16(2)6-4-5-13/h7-8H,3-4,6H2,1-2H3,(H,14,15). The van der Waals surface area contributed by atoms with Crippen LogP contribution in [0.5, 0.6) is 0 Å². The van der Waals surface area contributed by atoms with Crippen LogP contribution < -0.4 is 5.32 Å². The van der Waals surface area contributed by atoms with Crippen LogP contribution in [0.2, 0.25) is 5.02 Å². The molecule has 1 aromatic rings. The van der Waals surface area contributed by atoms with Crippen LogP contribution in [0.4, 0.5) is 5.82 Å². The highest BCUT2D eigenvalue weighted by Crippen LogP contribution is 2.23. The first kappa shape index (κ1) is 15.7. The summed E-state index contributed by atoms with van der Waals surface area (Å²) in [5.74, 6) is 0.447. The van der Waals surface area contributed by atoms with Crippen LogP contribution >= 0.6 is 11.6 Å². The summed E-state index contributed by atoms with van der Waals surface area (Å²) in [6, 6.07) is 3.25. The number of halogens is 1. The molecular weight excluding hydrogens is 288 g/mol. The molecule has 0 saturated carbocycles. The van der Waals surface area contributed by atoms with E-state index in [9.17, 15) is 8.42 Å². The van der Waals surface area contributed by atoms with Crippen LogP contribution in [0.25, 0.3) is 0 Å². The molecule has 0 unspecified atom stereocenters. The number of nitrogens with zero attached hydrogens (tertiary/aromatic N) is 3. The number of hydrogen-bond donors (Lipinski definition) is 1. The lowest BCUT2D eigenvalue weighted by atomic mass is 10.4. The molecule has 0 bridgehead atoms. The summed E-state index contributed by atoms with van der Waals surface area (Å²) in [6.45, 7) is 2.66. The van der Waals surface area contributed by atoms with Gasteiger partial charge in [0.15, 0.2) is 0 Å². The molecule has 0 fully saturated rings. The van der Waals surface area contributed by atoms with Crippen molar-refractivity contribution in [2.45, 2.75) is 18.2 Å². The molecular formula is C11H15ClN4O2S. The van der Waals surface area contributed by atoms with Gasteiger partial charge in [-0.1, -0.05) is 11.6 Å². The van der Waals surface area contributed by atoms with Gasteiger partial charge in [-0.15, -0.1) is 0 Å². The van der Waals surface area contributed by atoms with E-state index in [2.05, 4.69) is 10.3 Å². The molecule has 0 atom stereocenters. The number of rotatable bonds is 6. The Hall–Kier alpha value is -1.36. The van der Waals surface area contributed by atoms with Gasteiger partial charge in [0.25, 0.3) is 0 Å². The number of anilines is 1. The molecule has 1 aromatic heterocycles. The van der Waals surface area contributed by atoms with Crippen LogP contribution in [-0.2, 0) is 10.0 Å². The number of sulfonamides is 1. The SMILES string of the molecule is CCNc1ncc(S(=O)(=O)N(C)CCC#N)cc1Cl. The summed E-state index contributed by atoms with van der Waals surface area (Å²) in [5, 5.41) is 11.6. The molecule has 0 aliphatic heterocycles. The highest BCUT2D eigenvalue weighted by molar-refractivity contribution is 7.89. The van der Waals surface area contributed by atoms with Crippen LogP contribution in [0.3, 0.4) is 0 Å². The van der Waals surface area contributed by atoms with E-state index in [1.54, 1.807) is 0 Å². The zero-order chi connectivity index (χ0) is 14.5. The van der Waals surface area contributed by atoms with Crippen molar-refractivity contribution in [3.8, 4) is 6.07 Å². The van der Waals surface area contributed by atoms with E-state index in [0.29, 0.717) is 12.4 Å². The Morgan fingerprint density at radius 1 is 1.58 bits per heavy atom. The minimum atomic E-state index is -3.66. The van der Waals surface area contributed by atoms with Crippen molar-refractivity contribution in [2.75, 3.05) is 25.5 Å². The third kappa shape index (κ3) is 3.80. The molecule has 6 nitrogen and oxygen atoms in total. The van der Waals surface area contributed by atoms with E-state index in [1.165, 1.54) is 19.3 Å². The van der Waals surface area contributed by atoms with Gasteiger partial charge in [-0.3, -0.25) is 0 Å². The number of nitriles is 1. The Labute approximate surface area is 118 Å². The lowest BCUT2D eigenvalue weighted by Gasteiger charge is -2.16. The Balaban J connectivity index is 3.03. The second-order valence-corrected chi connectivity index (χ2v) is 6.22. The van der Waals surface area contributed by atoms with Crippen molar-refractivity contribution >= 4 is 27.4 Å². The smallest absolute Gasteiger partial charge is 0.244 e. The first-order valence-corrected chi connectivity index (χ1v) is 7.48. The first-order chi connectivity index (χ1) is 8.93. The molecule has 1 N–H and O–H groups in total. The van der Waals surface area contributed by atoms with Crippen molar-refractivity contribution in [1.82, 2.24) is 9.29 Å². The first-order valence-electron chi connectivity index (χ1n) is 5.66. The highest BCUT2D eigenvalue weighted by Gasteiger charge is 2.21. The van der Waals surface area contributed by atoms with Crippen molar-refractivity contribution in [3.05, 3.63) is 17.3 Å². The van der Waals surface area contributed by atoms with Gasteiger partial charge in [0, 0.05) is 32.8 Å². The van der Waals surface area contributed by atoms with Gasteiger partial charge in [-0.05, 0) is 13.0 Å². The summed E-state index contributed by atoms with van der Waals surface area (Å²) in [4.78, 5) is 4.00. The predicted molar refractivity (Wildman–Crippen MR) is 73.5 cm³/mol. The second kappa shape index (κ2) is 6.70. The normalized spacial score (nSPS) is 11.3. The summed E-state index contributed by atoms with van der Waals surface area (Å²) < 4.78 is 25.4. The number of hydrogen-bond acceptors (Lipinski definition) is 5. The van der Waals surface area contributed by atoms with E-state index >= 15 is 0 Å². The summed E-state index contributed by atoms with van der Waals surface area (Å²) in [7, 11) is -2.24. The summed E-state index contributed by atoms with van der Waals surface area (Å²) in [5.41, 5.74) is 0. The van der Waals surface area contributed by atoms with E-state index in [0.717, 1.165) is 4.31 Å². The van der Waals surface area contributed by atoms with Gasteiger partial charge >= 0.3 is 0 Å². The molecule has 0 amide bonds. The third-order valence-corrected chi connectivity index (χ3v) is 4.52. The molecule has 8 heteroatoms. The molecule has 0 aliphatic carbocycles. The molecule has 104 valence electrons. The molecule has 0 radical (unpaired) electrons. The monoisotopic (exact) mass is 302 g/mol. The lowest BCUT2D eigenvalue weighted by molar-refractivity contribution is 0.476. The maximum Gasteiger partial charge on any atom is 0.244 e. The highest BCUT2D eigenvalue weighted by atomic mass is 35.5. The summed E-state index contributed by atoms with van der Waals surface area (Å²) >= 11 is 5.96. The van der Waals surface area contributed by atoms with Crippen molar-refractivity contribution in [1.29, 1.82) is 5.26 Å². The average molecular weight is 303 g/mol. The number of aromatic nitrogens is 1. The predicted octanol–water partition coefficient (Wildman–Crippen LogP) is 1.70. The Bertz CT molecular complexity index is 583. The van der Waals surface area contributed by atoms with Gasteiger partial charge in [0.05, 0.1) is 11.1 Å². The Kier molecular flexibility index (Phi) is 5.54. The van der Waals surface area contributed by atoms with Crippen molar-refractivity contribution in [2.24, 2.45) is 0 Å². The average Bonchev–Trinajstić information content (AvgIpc) is 2.38. The quantitative estimate of drug-likeness (QED) is 0.864. The third-order valence-electron chi connectivity index (χ3n) is 2.41. The van der Waals surface area contributed by atoms with Gasteiger partial charge in [0.1, 0.15) is 10.7 Å². The zero-order valence-electron chi connectivity index (χ0n) is 10.7. The van der Waals surface area contributed by atoms with Crippen LogP contribution in [-0.4, -0.2) is 37.8 Å². The molecule has 0 spiro atoms. The minimum Gasteiger partial charge on any atom is -0.369 e. The molecule has 0 aromatic carbocycles. The van der Waals surface area contributed by atoms with Crippen molar-refractivity contribution < 1.29 is 8.42 Å². The van der Waals surface area contributed by atoms with Crippen LogP contribution in [0.1, 0.15) is 13.3 Å². The van der Waals surface area contributed by atoms with Gasteiger partial charge in [0.2, 0.25) is 10.0 Å². The van der Waals surface area contributed by atoms with Crippen LogP contribution in [0.15, 0.2) is 17.2 Å². The van der Waals surface area contributed by atoms with Crippen molar-refractivity contribution in [3.63, 3.8) is 0 Å². The Morgan fingerprint density at radius 3 is 2.79 bits per heavy atom. The van der Waals surface area contributed by atoms with E-state index in [4.69, 9.17) is 16.9 Å². The molecule has 0 saturated heterocycles. The topological polar surface area (TPSA) is 86.1 Å². The fourth-order valence-electron chi connectivity index (χ4n) is 1.37. The lowest BCUT2D eigenvalue weighted by Crippen LogP contribution is -2.28. The largest absolute Gasteiger partial charge is 0.369 e. The Morgan fingerprint density at radius 2 is 2.26 bits per heavy atom. The maximum atomic E-state index is 12.2. The molecule has 1 heterocycles. The molecule has 19 heavy (non-hydrogen) atoms. The van der Waals surface area contributed by atoms with Gasteiger partial charge in [-0.2, -0.15) is 9.57 Å². The van der Waals surface area contributed by atoms with Gasteiger partial charge in [-0.25, -0.2) is 13.4 Å². The minimum absolute atomic E-state index is 0.0135. The van der Waals surface area contributed by atoms with Crippen LogP contribution in [0, 0.1) is 11.3 Å². The van der Waals surface area contributed by atoms with Gasteiger partial charge < -0.3 is 5.32 Å². The number of nitrogens with one attached hydrogen (secondary N) is 1. The van der Waals surface area contributed by atoms with E-state index in [1.807, 2.05) is 13.0 Å². The van der Waals surface area contributed by atoms with E-state index in [-0.39, 0.29) is 22.9 Å². The second-order valence-electron chi connectivity index (χ2n) is 3.77. The fraction of sp³-hybridized carbons (Fsp3) is 0.455. The van der Waals surface area contributed by atoms with E-state index < -0.39 is 10.0 Å². The molecule has 1 rings (SSSR count). The zero-order valence-corrected chi connectivity index (χ0v) is 12.3. The molecule has 0 aliphatic rings.